The van der Waals surface area contributed by atoms with Crippen LogP contribution < -0.4 is 0 Å². The lowest BCUT2D eigenvalue weighted by Gasteiger charge is -2.49. The Morgan fingerprint density at radius 3 is 2.64 bits per heavy atom. The molecule has 0 amide bonds. The minimum Gasteiger partial charge on any atom is -0.299 e. The van der Waals surface area contributed by atoms with Crippen LogP contribution in [0.2, 0.25) is 0 Å². The first kappa shape index (κ1) is 9.88. The van der Waals surface area contributed by atoms with E-state index in [-0.39, 0.29) is 6.04 Å². The Morgan fingerprint density at radius 2 is 2.07 bits per heavy atom. The molecule has 2 atom stereocenters. The van der Waals surface area contributed by atoms with Gasteiger partial charge in [0.2, 0.25) is 6.08 Å². The highest BCUT2D eigenvalue weighted by molar-refractivity contribution is 5.33. The fourth-order valence-electron chi connectivity index (χ4n) is 2.77. The number of carbonyl (C=O) groups excluding carboxylic acids is 1. The smallest absolute Gasteiger partial charge is 0.235 e. The molecule has 78 valence electrons. The van der Waals surface area contributed by atoms with E-state index < -0.39 is 0 Å². The van der Waals surface area contributed by atoms with Crippen LogP contribution in [0.4, 0.5) is 0 Å². The van der Waals surface area contributed by atoms with Crippen LogP contribution in [-0.2, 0) is 4.79 Å². The molecule has 0 aromatic carbocycles. The fourth-order valence-corrected chi connectivity index (χ4v) is 2.77. The van der Waals surface area contributed by atoms with Crippen LogP contribution in [0.25, 0.3) is 0 Å². The van der Waals surface area contributed by atoms with Crippen molar-refractivity contribution in [2.24, 2.45) is 10.4 Å². The molecule has 0 N–H and O–H groups in total. The number of hydrogen-bond acceptors (Lipinski definition) is 3. The van der Waals surface area contributed by atoms with Gasteiger partial charge in [0.15, 0.2) is 0 Å². The van der Waals surface area contributed by atoms with Gasteiger partial charge in [0, 0.05) is 19.1 Å². The summed E-state index contributed by atoms with van der Waals surface area (Å²) in [5, 5.41) is 0. The maximum absolute atomic E-state index is 10.1. The molecular formula is C11H18N2O. The minimum absolute atomic E-state index is 0.251. The zero-order chi connectivity index (χ0) is 10.2. The van der Waals surface area contributed by atoms with E-state index in [1.807, 2.05) is 0 Å². The zero-order valence-corrected chi connectivity index (χ0v) is 8.99. The molecule has 1 aliphatic carbocycles. The van der Waals surface area contributed by atoms with Gasteiger partial charge in [-0.2, -0.15) is 0 Å². The Morgan fingerprint density at radius 1 is 1.36 bits per heavy atom. The van der Waals surface area contributed by atoms with Crippen LogP contribution in [0.1, 0.15) is 33.1 Å². The third-order valence-corrected chi connectivity index (χ3v) is 3.39. The van der Waals surface area contributed by atoms with Crippen LogP contribution in [0.15, 0.2) is 4.99 Å². The third kappa shape index (κ3) is 1.89. The summed E-state index contributed by atoms with van der Waals surface area (Å²) in [6.45, 7) is 7.02. The maximum atomic E-state index is 10.1. The molecule has 2 fully saturated rings. The quantitative estimate of drug-likeness (QED) is 0.494. The van der Waals surface area contributed by atoms with Crippen molar-refractivity contribution in [2.45, 2.75) is 45.2 Å². The van der Waals surface area contributed by atoms with Crippen molar-refractivity contribution in [3.63, 3.8) is 0 Å². The van der Waals surface area contributed by atoms with Gasteiger partial charge in [-0.3, -0.25) is 4.90 Å². The molecule has 3 nitrogen and oxygen atoms in total. The Balaban J connectivity index is 1.83. The van der Waals surface area contributed by atoms with Gasteiger partial charge in [-0.15, -0.1) is 0 Å². The van der Waals surface area contributed by atoms with Gasteiger partial charge in [-0.25, -0.2) is 9.79 Å². The summed E-state index contributed by atoms with van der Waals surface area (Å²) < 4.78 is 0. The predicted molar refractivity (Wildman–Crippen MR) is 54.9 cm³/mol. The number of likely N-dealkylation sites (tertiary alicyclic amines) is 1. The van der Waals surface area contributed by atoms with Crippen LogP contribution in [0.5, 0.6) is 0 Å². The molecule has 0 spiro atoms. The molecular weight excluding hydrogens is 176 g/mol. The number of rotatable bonds is 2. The Bertz CT molecular complexity index is 260. The van der Waals surface area contributed by atoms with E-state index in [4.69, 9.17) is 0 Å². The SMILES string of the molecule is CC1(C)CN(C2CCC(N=C=O)C2)C1. The first-order chi connectivity index (χ1) is 6.61. The summed E-state index contributed by atoms with van der Waals surface area (Å²) in [5.41, 5.74) is 0.506. The minimum atomic E-state index is 0.251. The summed E-state index contributed by atoms with van der Waals surface area (Å²) in [4.78, 5) is 16.5. The summed E-state index contributed by atoms with van der Waals surface area (Å²) in [5.74, 6) is 0. The first-order valence-electron chi connectivity index (χ1n) is 5.42. The summed E-state index contributed by atoms with van der Waals surface area (Å²) in [6.07, 6.45) is 5.01. The lowest BCUT2D eigenvalue weighted by molar-refractivity contribution is -0.00403. The molecule has 1 heterocycles. The molecule has 2 unspecified atom stereocenters. The van der Waals surface area contributed by atoms with Crippen molar-refractivity contribution >= 4 is 6.08 Å². The van der Waals surface area contributed by atoms with Crippen molar-refractivity contribution in [3.05, 3.63) is 0 Å². The van der Waals surface area contributed by atoms with Gasteiger partial charge < -0.3 is 0 Å². The second kappa shape index (κ2) is 3.48. The van der Waals surface area contributed by atoms with Gasteiger partial charge in [-0.1, -0.05) is 13.8 Å². The van der Waals surface area contributed by atoms with Crippen molar-refractivity contribution in [1.82, 2.24) is 4.90 Å². The Hall–Kier alpha value is -0.660. The predicted octanol–water partition coefficient (Wildman–Crippen LogP) is 1.59. The van der Waals surface area contributed by atoms with E-state index >= 15 is 0 Å². The summed E-state index contributed by atoms with van der Waals surface area (Å²) in [7, 11) is 0. The average molecular weight is 194 g/mol. The van der Waals surface area contributed by atoms with Gasteiger partial charge in [0.05, 0.1) is 6.04 Å². The van der Waals surface area contributed by atoms with Crippen molar-refractivity contribution in [1.29, 1.82) is 0 Å². The topological polar surface area (TPSA) is 32.7 Å². The van der Waals surface area contributed by atoms with E-state index in [1.165, 1.54) is 19.5 Å². The van der Waals surface area contributed by atoms with Gasteiger partial charge >= 0.3 is 0 Å². The molecule has 2 rings (SSSR count). The molecule has 3 heteroatoms. The lowest BCUT2D eigenvalue weighted by Crippen LogP contribution is -2.56. The Labute approximate surface area is 85.2 Å². The summed E-state index contributed by atoms with van der Waals surface area (Å²) >= 11 is 0. The molecule has 14 heavy (non-hydrogen) atoms. The molecule has 1 aliphatic heterocycles. The standard InChI is InChI=1S/C11H18N2O/c1-11(2)6-13(7-11)10-4-3-9(5-10)12-8-14/h9-10H,3-7H2,1-2H3. The molecule has 0 aromatic rings. The van der Waals surface area contributed by atoms with Crippen molar-refractivity contribution < 1.29 is 4.79 Å². The number of isocyanates is 1. The molecule has 0 radical (unpaired) electrons. The molecule has 1 saturated carbocycles. The largest absolute Gasteiger partial charge is 0.299 e. The number of nitrogens with zero attached hydrogens (tertiary/aromatic N) is 2. The van der Waals surface area contributed by atoms with Crippen LogP contribution in [-0.4, -0.2) is 36.2 Å². The normalized spacial score (nSPS) is 36.1. The van der Waals surface area contributed by atoms with E-state index in [1.54, 1.807) is 6.08 Å². The second-order valence-electron chi connectivity index (χ2n) is 5.41. The maximum Gasteiger partial charge on any atom is 0.235 e. The first-order valence-corrected chi connectivity index (χ1v) is 5.42. The fraction of sp³-hybridized carbons (Fsp3) is 0.909. The van der Waals surface area contributed by atoms with E-state index in [2.05, 4.69) is 23.7 Å². The van der Waals surface area contributed by atoms with Crippen molar-refractivity contribution in [3.8, 4) is 0 Å². The lowest BCUT2D eigenvalue weighted by atomic mass is 9.83. The van der Waals surface area contributed by atoms with Crippen LogP contribution in [0, 0.1) is 5.41 Å². The molecule has 1 saturated heterocycles. The molecule has 2 aliphatic rings. The number of hydrogen-bond donors (Lipinski definition) is 0. The summed E-state index contributed by atoms with van der Waals surface area (Å²) in [6, 6.07) is 0.923. The van der Waals surface area contributed by atoms with E-state index in [0.717, 1.165) is 12.8 Å². The van der Waals surface area contributed by atoms with Gasteiger partial charge in [0.25, 0.3) is 0 Å². The zero-order valence-electron chi connectivity index (χ0n) is 8.99. The molecule has 0 aromatic heterocycles. The van der Waals surface area contributed by atoms with E-state index in [0.29, 0.717) is 11.5 Å². The highest BCUT2D eigenvalue weighted by atomic mass is 16.1. The van der Waals surface area contributed by atoms with Gasteiger partial charge in [-0.05, 0) is 24.7 Å². The van der Waals surface area contributed by atoms with Gasteiger partial charge in [0.1, 0.15) is 0 Å². The average Bonchev–Trinajstić information content (AvgIpc) is 2.49. The van der Waals surface area contributed by atoms with E-state index in [9.17, 15) is 4.79 Å². The Kier molecular flexibility index (Phi) is 2.46. The molecule has 0 bridgehead atoms. The number of aliphatic imine (C=N–C) groups is 1. The van der Waals surface area contributed by atoms with Crippen molar-refractivity contribution in [2.75, 3.05) is 13.1 Å². The third-order valence-electron chi connectivity index (χ3n) is 3.39. The highest BCUT2D eigenvalue weighted by Gasteiger charge is 2.40. The highest BCUT2D eigenvalue weighted by Crippen LogP contribution is 2.36. The van der Waals surface area contributed by atoms with Crippen LogP contribution >= 0.6 is 0 Å². The second-order valence-corrected chi connectivity index (χ2v) is 5.41. The van der Waals surface area contributed by atoms with Crippen LogP contribution in [0.3, 0.4) is 0 Å². The monoisotopic (exact) mass is 194 g/mol.